The molecule has 0 radical (unpaired) electrons. The lowest BCUT2D eigenvalue weighted by Gasteiger charge is -2.12. The summed E-state index contributed by atoms with van der Waals surface area (Å²) in [5.74, 6) is 0.943. The Morgan fingerprint density at radius 2 is 2.07 bits per heavy atom. The van der Waals surface area contributed by atoms with E-state index in [1.165, 1.54) is 11.1 Å². The molecule has 0 aromatic heterocycles. The number of ether oxygens (including phenoxy) is 1. The van der Waals surface area contributed by atoms with Crippen LogP contribution in [0.1, 0.15) is 25.0 Å². The van der Waals surface area contributed by atoms with Crippen LogP contribution in [-0.2, 0) is 6.42 Å². The summed E-state index contributed by atoms with van der Waals surface area (Å²) in [6, 6.07) is 6.18. The molecule has 0 aliphatic heterocycles. The minimum Gasteiger partial charge on any atom is -0.491 e. The summed E-state index contributed by atoms with van der Waals surface area (Å²) in [7, 11) is 0. The van der Waals surface area contributed by atoms with Gasteiger partial charge in [-0.3, -0.25) is 0 Å². The maximum atomic E-state index is 5.60. The lowest BCUT2D eigenvalue weighted by molar-refractivity contribution is 0.242. The lowest BCUT2D eigenvalue weighted by atomic mass is 10.1. The Labute approximate surface area is 86.1 Å². The Morgan fingerprint density at radius 1 is 1.36 bits per heavy atom. The van der Waals surface area contributed by atoms with E-state index in [4.69, 9.17) is 10.5 Å². The van der Waals surface area contributed by atoms with Crippen LogP contribution in [0.2, 0.25) is 0 Å². The molecule has 1 rings (SSSR count). The van der Waals surface area contributed by atoms with Crippen LogP contribution in [0, 0.1) is 6.92 Å². The third-order valence-corrected chi connectivity index (χ3v) is 2.10. The topological polar surface area (TPSA) is 35.2 Å². The van der Waals surface area contributed by atoms with Crippen LogP contribution in [-0.4, -0.2) is 12.6 Å². The fraction of sp³-hybridized carbons (Fsp3) is 0.500. The van der Waals surface area contributed by atoms with Crippen molar-refractivity contribution in [3.05, 3.63) is 29.3 Å². The largest absolute Gasteiger partial charge is 0.491 e. The average Bonchev–Trinajstić information content (AvgIpc) is 2.09. The molecular weight excluding hydrogens is 174 g/mol. The van der Waals surface area contributed by atoms with Gasteiger partial charge in [0.05, 0.1) is 6.10 Å². The third-order valence-electron chi connectivity index (χ3n) is 2.10. The van der Waals surface area contributed by atoms with Gasteiger partial charge in [0.1, 0.15) is 5.75 Å². The molecule has 0 spiro atoms. The Hall–Kier alpha value is -1.02. The second-order valence-corrected chi connectivity index (χ2v) is 3.79. The molecule has 0 bridgehead atoms. The number of hydrogen-bond donors (Lipinski definition) is 1. The van der Waals surface area contributed by atoms with E-state index in [1.807, 2.05) is 19.9 Å². The van der Waals surface area contributed by atoms with E-state index in [2.05, 4.69) is 19.1 Å². The number of aryl methyl sites for hydroxylation is 1. The zero-order valence-corrected chi connectivity index (χ0v) is 9.21. The molecule has 0 aliphatic rings. The van der Waals surface area contributed by atoms with Gasteiger partial charge in [-0.1, -0.05) is 6.07 Å². The number of hydrogen-bond acceptors (Lipinski definition) is 2. The summed E-state index contributed by atoms with van der Waals surface area (Å²) in [5, 5.41) is 0. The van der Waals surface area contributed by atoms with Gasteiger partial charge in [-0.25, -0.2) is 0 Å². The predicted molar refractivity (Wildman–Crippen MR) is 59.7 cm³/mol. The zero-order chi connectivity index (χ0) is 10.6. The molecule has 0 atom stereocenters. The van der Waals surface area contributed by atoms with Crippen molar-refractivity contribution in [2.75, 3.05) is 6.54 Å². The van der Waals surface area contributed by atoms with Gasteiger partial charge in [-0.05, 0) is 57.0 Å². The highest BCUT2D eigenvalue weighted by Gasteiger charge is 2.01. The molecule has 0 saturated heterocycles. The molecule has 0 saturated carbocycles. The summed E-state index contributed by atoms with van der Waals surface area (Å²) in [6.07, 6.45) is 1.17. The first kappa shape index (κ1) is 11.1. The van der Waals surface area contributed by atoms with E-state index >= 15 is 0 Å². The average molecular weight is 193 g/mol. The third kappa shape index (κ3) is 3.04. The van der Waals surface area contributed by atoms with Crippen LogP contribution in [0.4, 0.5) is 0 Å². The number of rotatable bonds is 4. The first-order chi connectivity index (χ1) is 6.63. The van der Waals surface area contributed by atoms with Crippen molar-refractivity contribution < 1.29 is 4.74 Å². The highest BCUT2D eigenvalue weighted by molar-refractivity contribution is 5.35. The van der Waals surface area contributed by atoms with Crippen LogP contribution >= 0.6 is 0 Å². The normalized spacial score (nSPS) is 10.6. The molecule has 2 N–H and O–H groups in total. The van der Waals surface area contributed by atoms with Crippen molar-refractivity contribution in [2.45, 2.75) is 33.3 Å². The summed E-state index contributed by atoms with van der Waals surface area (Å²) in [6.45, 7) is 6.86. The van der Waals surface area contributed by atoms with E-state index in [0.29, 0.717) is 6.54 Å². The quantitative estimate of drug-likeness (QED) is 0.796. The van der Waals surface area contributed by atoms with Crippen LogP contribution in [0.15, 0.2) is 18.2 Å². The van der Waals surface area contributed by atoms with E-state index in [1.54, 1.807) is 0 Å². The molecule has 0 amide bonds. The summed E-state index contributed by atoms with van der Waals surface area (Å²) < 4.78 is 5.60. The van der Waals surface area contributed by atoms with Crippen molar-refractivity contribution in [3.63, 3.8) is 0 Å². The van der Waals surface area contributed by atoms with Gasteiger partial charge in [0.15, 0.2) is 0 Å². The standard InChI is InChI=1S/C12H19NO/c1-9(2)14-12-5-4-11(6-7-13)10(3)8-12/h4-5,8-9H,6-7,13H2,1-3H3. The van der Waals surface area contributed by atoms with Crippen molar-refractivity contribution in [2.24, 2.45) is 5.73 Å². The molecule has 0 heterocycles. The number of benzene rings is 1. The predicted octanol–water partition coefficient (Wildman–Crippen LogP) is 2.28. The van der Waals surface area contributed by atoms with E-state index in [0.717, 1.165) is 12.2 Å². The summed E-state index contributed by atoms with van der Waals surface area (Å²) in [5.41, 5.74) is 8.08. The molecule has 1 aromatic rings. The molecular formula is C12H19NO. The molecule has 1 aromatic carbocycles. The monoisotopic (exact) mass is 193 g/mol. The van der Waals surface area contributed by atoms with Gasteiger partial charge in [0, 0.05) is 0 Å². The minimum atomic E-state index is 0.231. The van der Waals surface area contributed by atoms with Crippen LogP contribution < -0.4 is 10.5 Å². The first-order valence-corrected chi connectivity index (χ1v) is 5.09. The first-order valence-electron chi connectivity index (χ1n) is 5.09. The van der Waals surface area contributed by atoms with Crippen molar-refractivity contribution in [1.82, 2.24) is 0 Å². The van der Waals surface area contributed by atoms with E-state index in [-0.39, 0.29) is 6.10 Å². The van der Waals surface area contributed by atoms with Crippen LogP contribution in [0.3, 0.4) is 0 Å². The SMILES string of the molecule is Cc1cc(OC(C)C)ccc1CCN. The van der Waals surface area contributed by atoms with E-state index < -0.39 is 0 Å². The Morgan fingerprint density at radius 3 is 2.57 bits per heavy atom. The second-order valence-electron chi connectivity index (χ2n) is 3.79. The summed E-state index contributed by atoms with van der Waals surface area (Å²) >= 11 is 0. The molecule has 0 aliphatic carbocycles. The zero-order valence-electron chi connectivity index (χ0n) is 9.21. The van der Waals surface area contributed by atoms with Gasteiger partial charge in [0.2, 0.25) is 0 Å². The Bertz CT molecular complexity index is 294. The second kappa shape index (κ2) is 5.01. The highest BCUT2D eigenvalue weighted by atomic mass is 16.5. The Kier molecular flexibility index (Phi) is 3.96. The fourth-order valence-electron chi connectivity index (χ4n) is 1.45. The van der Waals surface area contributed by atoms with E-state index in [9.17, 15) is 0 Å². The smallest absolute Gasteiger partial charge is 0.119 e. The molecule has 0 unspecified atom stereocenters. The lowest BCUT2D eigenvalue weighted by Crippen LogP contribution is -2.07. The molecule has 78 valence electrons. The van der Waals surface area contributed by atoms with Crippen molar-refractivity contribution >= 4 is 0 Å². The van der Waals surface area contributed by atoms with Crippen LogP contribution in [0.5, 0.6) is 5.75 Å². The molecule has 0 fully saturated rings. The van der Waals surface area contributed by atoms with Gasteiger partial charge in [-0.2, -0.15) is 0 Å². The maximum absolute atomic E-state index is 5.60. The van der Waals surface area contributed by atoms with Crippen LogP contribution in [0.25, 0.3) is 0 Å². The molecule has 2 heteroatoms. The van der Waals surface area contributed by atoms with Gasteiger partial charge in [0.25, 0.3) is 0 Å². The summed E-state index contributed by atoms with van der Waals surface area (Å²) in [4.78, 5) is 0. The minimum absolute atomic E-state index is 0.231. The molecule has 14 heavy (non-hydrogen) atoms. The Balaban J connectivity index is 2.78. The van der Waals surface area contributed by atoms with Crippen molar-refractivity contribution in [1.29, 1.82) is 0 Å². The van der Waals surface area contributed by atoms with Crippen molar-refractivity contribution in [3.8, 4) is 5.75 Å². The number of nitrogens with two attached hydrogens (primary N) is 1. The molecule has 2 nitrogen and oxygen atoms in total. The maximum Gasteiger partial charge on any atom is 0.119 e. The highest BCUT2D eigenvalue weighted by Crippen LogP contribution is 2.18. The van der Waals surface area contributed by atoms with Gasteiger partial charge < -0.3 is 10.5 Å². The van der Waals surface area contributed by atoms with Gasteiger partial charge in [-0.15, -0.1) is 0 Å². The fourth-order valence-corrected chi connectivity index (χ4v) is 1.45. The van der Waals surface area contributed by atoms with Gasteiger partial charge >= 0.3 is 0 Å².